The van der Waals surface area contributed by atoms with Crippen molar-refractivity contribution in [1.29, 1.82) is 0 Å². The first-order chi connectivity index (χ1) is 14.5. The summed E-state index contributed by atoms with van der Waals surface area (Å²) >= 11 is 0. The van der Waals surface area contributed by atoms with Gasteiger partial charge in [0.1, 0.15) is 18.0 Å². The third kappa shape index (κ3) is 4.65. The van der Waals surface area contributed by atoms with Gasteiger partial charge in [0.05, 0.1) is 30.6 Å². The van der Waals surface area contributed by atoms with E-state index < -0.39 is 0 Å². The van der Waals surface area contributed by atoms with Crippen LogP contribution in [0.1, 0.15) is 55.0 Å². The molecule has 2 atom stereocenters. The van der Waals surface area contributed by atoms with Gasteiger partial charge in [0, 0.05) is 24.1 Å². The summed E-state index contributed by atoms with van der Waals surface area (Å²) in [7, 11) is 0. The Bertz CT molecular complexity index is 1010. The Labute approximate surface area is 173 Å². The molecule has 3 aromatic heterocycles. The third-order valence-corrected chi connectivity index (χ3v) is 4.80. The summed E-state index contributed by atoms with van der Waals surface area (Å²) in [5.74, 6) is 1.52. The average Bonchev–Trinajstić information content (AvgIpc) is 3.44. The minimum absolute atomic E-state index is 0.0924. The summed E-state index contributed by atoms with van der Waals surface area (Å²) < 4.78 is 17.0. The molecular formula is C20H24N6O4. The summed E-state index contributed by atoms with van der Waals surface area (Å²) in [6.07, 6.45) is 2.06. The smallest absolute Gasteiger partial charge is 0.237 e. The number of aromatic nitrogens is 5. The topological polar surface area (TPSA) is 128 Å². The minimum atomic E-state index is -0.235. The molecule has 10 nitrogen and oxygen atoms in total. The largest absolute Gasteiger partial charge is 0.471 e. The SMILES string of the molecule is Cc1cc(CC(=O)Nc2cc([C@@H]3C[C@H](Oc4nnccc4C(C)C)CO3)[nH]n2)on1. The highest BCUT2D eigenvalue weighted by Gasteiger charge is 2.31. The Kier molecular flexibility index (Phi) is 5.75. The number of aryl methyl sites for hydroxylation is 1. The maximum Gasteiger partial charge on any atom is 0.237 e. The number of hydrogen-bond donors (Lipinski definition) is 2. The quantitative estimate of drug-likeness (QED) is 0.606. The number of hydrogen-bond acceptors (Lipinski definition) is 8. The van der Waals surface area contributed by atoms with Crippen molar-refractivity contribution in [3.05, 3.63) is 47.1 Å². The zero-order valence-corrected chi connectivity index (χ0v) is 17.1. The molecule has 10 heteroatoms. The molecular weight excluding hydrogens is 388 g/mol. The average molecular weight is 412 g/mol. The van der Waals surface area contributed by atoms with Gasteiger partial charge in [-0.2, -0.15) is 10.2 Å². The van der Waals surface area contributed by atoms with Crippen LogP contribution in [0.4, 0.5) is 5.82 Å². The van der Waals surface area contributed by atoms with Crippen LogP contribution in [-0.4, -0.2) is 44.2 Å². The van der Waals surface area contributed by atoms with Crippen molar-refractivity contribution < 1.29 is 18.8 Å². The molecule has 0 aliphatic carbocycles. The Hall–Kier alpha value is -3.27. The van der Waals surface area contributed by atoms with E-state index in [-0.39, 0.29) is 30.5 Å². The van der Waals surface area contributed by atoms with Crippen molar-refractivity contribution in [1.82, 2.24) is 25.6 Å². The lowest BCUT2D eigenvalue weighted by Crippen LogP contribution is -2.18. The van der Waals surface area contributed by atoms with Gasteiger partial charge in [-0.05, 0) is 18.9 Å². The van der Waals surface area contributed by atoms with E-state index in [4.69, 9.17) is 14.0 Å². The van der Waals surface area contributed by atoms with Crippen LogP contribution in [0.2, 0.25) is 0 Å². The molecule has 1 amide bonds. The number of carbonyl (C=O) groups excluding carboxylic acids is 1. The number of nitrogens with zero attached hydrogens (tertiary/aromatic N) is 4. The van der Waals surface area contributed by atoms with Crippen LogP contribution in [0.15, 0.2) is 28.9 Å². The Balaban J connectivity index is 1.33. The van der Waals surface area contributed by atoms with Crippen molar-refractivity contribution in [2.45, 2.75) is 51.7 Å². The summed E-state index contributed by atoms with van der Waals surface area (Å²) in [6, 6.07) is 5.41. The maximum absolute atomic E-state index is 12.1. The molecule has 0 bridgehead atoms. The van der Waals surface area contributed by atoms with Crippen molar-refractivity contribution in [3.63, 3.8) is 0 Å². The molecule has 0 aromatic carbocycles. The first-order valence-corrected chi connectivity index (χ1v) is 9.85. The fourth-order valence-corrected chi connectivity index (χ4v) is 3.33. The molecule has 158 valence electrons. The van der Waals surface area contributed by atoms with E-state index in [2.05, 4.69) is 44.7 Å². The van der Waals surface area contributed by atoms with Gasteiger partial charge in [-0.3, -0.25) is 9.89 Å². The molecule has 1 aliphatic heterocycles. The van der Waals surface area contributed by atoms with E-state index in [0.717, 1.165) is 17.0 Å². The molecule has 2 N–H and O–H groups in total. The number of amides is 1. The number of H-pyrrole nitrogens is 1. The van der Waals surface area contributed by atoms with Crippen molar-refractivity contribution in [2.24, 2.45) is 0 Å². The second-order valence-corrected chi connectivity index (χ2v) is 7.61. The van der Waals surface area contributed by atoms with Crippen LogP contribution < -0.4 is 10.1 Å². The fourth-order valence-electron chi connectivity index (χ4n) is 3.33. The van der Waals surface area contributed by atoms with Gasteiger partial charge < -0.3 is 19.3 Å². The van der Waals surface area contributed by atoms with Crippen molar-refractivity contribution in [3.8, 4) is 5.88 Å². The molecule has 0 unspecified atom stereocenters. The van der Waals surface area contributed by atoms with Crippen LogP contribution in [0, 0.1) is 6.92 Å². The van der Waals surface area contributed by atoms with Gasteiger partial charge in [-0.15, -0.1) is 5.10 Å². The second kappa shape index (κ2) is 8.62. The van der Waals surface area contributed by atoms with Gasteiger partial charge in [-0.25, -0.2) is 0 Å². The maximum atomic E-state index is 12.1. The van der Waals surface area contributed by atoms with Crippen molar-refractivity contribution >= 4 is 11.7 Å². The zero-order valence-electron chi connectivity index (χ0n) is 17.1. The number of ether oxygens (including phenoxy) is 2. The molecule has 0 spiro atoms. The minimum Gasteiger partial charge on any atom is -0.471 e. The van der Waals surface area contributed by atoms with Crippen LogP contribution in [0.3, 0.4) is 0 Å². The van der Waals surface area contributed by atoms with E-state index in [9.17, 15) is 4.79 Å². The van der Waals surface area contributed by atoms with Gasteiger partial charge in [-0.1, -0.05) is 19.0 Å². The predicted molar refractivity (Wildman–Crippen MR) is 106 cm³/mol. The fraction of sp³-hybridized carbons (Fsp3) is 0.450. The third-order valence-electron chi connectivity index (χ3n) is 4.80. The number of nitrogens with one attached hydrogen (secondary N) is 2. The Morgan fingerprint density at radius 2 is 2.27 bits per heavy atom. The summed E-state index contributed by atoms with van der Waals surface area (Å²) in [5, 5.41) is 21.6. The standard InChI is InChI=1S/C20H24N6O4/c1-11(2)15-4-5-21-25-20(15)29-14-7-17(28-10-14)16-9-18(24-23-16)22-19(27)8-13-6-12(3)26-30-13/h4-6,9,11,14,17H,7-8,10H2,1-3H3,(H2,22,23,24,27)/t14-,17-/m0/s1. The lowest BCUT2D eigenvalue weighted by atomic mass is 10.1. The summed E-state index contributed by atoms with van der Waals surface area (Å²) in [6.45, 7) is 6.41. The lowest BCUT2D eigenvalue weighted by Gasteiger charge is -2.15. The molecule has 0 radical (unpaired) electrons. The van der Waals surface area contributed by atoms with Crippen molar-refractivity contribution in [2.75, 3.05) is 11.9 Å². The molecule has 1 aliphatic rings. The zero-order chi connectivity index (χ0) is 21.1. The van der Waals surface area contributed by atoms with Crippen LogP contribution in [0.5, 0.6) is 5.88 Å². The normalized spacial score (nSPS) is 18.7. The Morgan fingerprint density at radius 3 is 3.03 bits per heavy atom. The van der Waals surface area contributed by atoms with E-state index in [1.54, 1.807) is 25.3 Å². The molecule has 1 fully saturated rings. The van der Waals surface area contributed by atoms with Crippen LogP contribution in [-0.2, 0) is 16.0 Å². The first-order valence-electron chi connectivity index (χ1n) is 9.85. The summed E-state index contributed by atoms with van der Waals surface area (Å²) in [5.41, 5.74) is 2.52. The van der Waals surface area contributed by atoms with Crippen LogP contribution >= 0.6 is 0 Å². The number of aromatic amines is 1. The first kappa shape index (κ1) is 20.0. The monoisotopic (exact) mass is 412 g/mol. The molecule has 4 heterocycles. The Morgan fingerprint density at radius 1 is 1.40 bits per heavy atom. The highest BCUT2D eigenvalue weighted by molar-refractivity contribution is 5.91. The van der Waals surface area contributed by atoms with Gasteiger partial charge in [0.15, 0.2) is 5.82 Å². The van der Waals surface area contributed by atoms with Gasteiger partial charge >= 0.3 is 0 Å². The van der Waals surface area contributed by atoms with E-state index in [1.165, 1.54) is 0 Å². The number of carbonyl (C=O) groups is 1. The van der Waals surface area contributed by atoms with E-state index in [1.807, 2.05) is 6.07 Å². The van der Waals surface area contributed by atoms with Crippen LogP contribution in [0.25, 0.3) is 0 Å². The number of rotatable bonds is 7. The molecule has 30 heavy (non-hydrogen) atoms. The highest BCUT2D eigenvalue weighted by atomic mass is 16.6. The predicted octanol–water partition coefficient (Wildman–Crippen LogP) is 2.71. The van der Waals surface area contributed by atoms with Gasteiger partial charge in [0.2, 0.25) is 11.8 Å². The van der Waals surface area contributed by atoms with E-state index in [0.29, 0.717) is 30.5 Å². The molecule has 0 saturated carbocycles. The highest BCUT2D eigenvalue weighted by Crippen LogP contribution is 2.32. The molecule has 3 aromatic rings. The lowest BCUT2D eigenvalue weighted by molar-refractivity contribution is -0.115. The second-order valence-electron chi connectivity index (χ2n) is 7.61. The van der Waals surface area contributed by atoms with E-state index >= 15 is 0 Å². The molecule has 4 rings (SSSR count). The molecule has 1 saturated heterocycles. The summed E-state index contributed by atoms with van der Waals surface area (Å²) in [4.78, 5) is 12.1. The van der Waals surface area contributed by atoms with Gasteiger partial charge in [0.25, 0.3) is 0 Å². The number of anilines is 1.